The van der Waals surface area contributed by atoms with E-state index in [4.69, 9.17) is 14.7 Å². The fourth-order valence-corrected chi connectivity index (χ4v) is 3.62. The molecule has 1 heterocycles. The second-order valence-corrected chi connectivity index (χ2v) is 7.40. The quantitative estimate of drug-likeness (QED) is 0.603. The summed E-state index contributed by atoms with van der Waals surface area (Å²) in [4.78, 5) is 38.2. The van der Waals surface area contributed by atoms with Gasteiger partial charge in [-0.15, -0.1) is 0 Å². The van der Waals surface area contributed by atoms with Crippen LogP contribution in [0, 0.1) is 17.1 Å². The van der Waals surface area contributed by atoms with Crippen LogP contribution in [0.1, 0.15) is 12.5 Å². The Labute approximate surface area is 187 Å². The molecule has 0 aliphatic carbocycles. The van der Waals surface area contributed by atoms with E-state index in [0.29, 0.717) is 29.4 Å². The molecule has 10 heteroatoms. The first-order valence-electron chi connectivity index (χ1n) is 9.48. The average Bonchev–Trinajstić information content (AvgIpc) is 3.02. The minimum absolute atomic E-state index is 0.141. The van der Waals surface area contributed by atoms with Crippen molar-refractivity contribution in [3.8, 4) is 17.6 Å². The molecule has 1 aliphatic heterocycles. The highest BCUT2D eigenvalue weighted by Gasteiger charge is 2.36. The Morgan fingerprint density at radius 1 is 1.19 bits per heavy atom. The summed E-state index contributed by atoms with van der Waals surface area (Å²) < 4.78 is 23.8. The van der Waals surface area contributed by atoms with Crippen molar-refractivity contribution in [3.63, 3.8) is 0 Å². The van der Waals surface area contributed by atoms with Crippen molar-refractivity contribution >= 4 is 40.6 Å². The van der Waals surface area contributed by atoms with E-state index >= 15 is 0 Å². The van der Waals surface area contributed by atoms with Gasteiger partial charge in [-0.2, -0.15) is 5.26 Å². The van der Waals surface area contributed by atoms with E-state index < -0.39 is 29.4 Å². The van der Waals surface area contributed by atoms with Gasteiger partial charge in [-0.25, -0.2) is 4.39 Å². The van der Waals surface area contributed by atoms with Crippen LogP contribution in [0.2, 0.25) is 0 Å². The Hall–Kier alpha value is -3.84. The van der Waals surface area contributed by atoms with Gasteiger partial charge in [0.05, 0.1) is 11.5 Å². The van der Waals surface area contributed by atoms with Gasteiger partial charge in [0, 0.05) is 5.69 Å². The van der Waals surface area contributed by atoms with Gasteiger partial charge in [-0.05, 0) is 66.7 Å². The summed E-state index contributed by atoms with van der Waals surface area (Å²) in [5.41, 5.74) is 0.931. The lowest BCUT2D eigenvalue weighted by Crippen LogP contribution is -2.36. The smallest absolute Gasteiger partial charge is 0.294 e. The predicted molar refractivity (Wildman–Crippen MR) is 116 cm³/mol. The molecule has 1 saturated heterocycles. The molecule has 32 heavy (non-hydrogen) atoms. The van der Waals surface area contributed by atoms with E-state index in [-0.39, 0.29) is 11.5 Å². The van der Waals surface area contributed by atoms with Crippen molar-refractivity contribution in [1.29, 1.82) is 5.26 Å². The maximum Gasteiger partial charge on any atom is 0.294 e. The second kappa shape index (κ2) is 10.5. The monoisotopic (exact) mass is 455 g/mol. The van der Waals surface area contributed by atoms with E-state index in [1.165, 1.54) is 30.3 Å². The normalized spacial score (nSPS) is 14.4. The SMILES string of the molecule is CCOc1cc(/C=C2\SC(=O)N(CC(=O)Nc3ccc(F)cc3)C2=O)ccc1OCC#N. The van der Waals surface area contributed by atoms with E-state index in [0.717, 1.165) is 16.7 Å². The predicted octanol–water partition coefficient (Wildman–Crippen LogP) is 3.80. The van der Waals surface area contributed by atoms with Crippen LogP contribution in [-0.4, -0.2) is 41.7 Å². The van der Waals surface area contributed by atoms with E-state index in [9.17, 15) is 18.8 Å². The summed E-state index contributed by atoms with van der Waals surface area (Å²) in [6.07, 6.45) is 1.51. The number of thioether (sulfide) groups is 1. The molecule has 1 aliphatic rings. The molecule has 1 fully saturated rings. The summed E-state index contributed by atoms with van der Waals surface area (Å²) in [5, 5.41) is 10.6. The van der Waals surface area contributed by atoms with Crippen LogP contribution < -0.4 is 14.8 Å². The summed E-state index contributed by atoms with van der Waals surface area (Å²) >= 11 is 0.718. The van der Waals surface area contributed by atoms with E-state index in [1.54, 1.807) is 25.1 Å². The van der Waals surface area contributed by atoms with Gasteiger partial charge in [0.15, 0.2) is 18.1 Å². The molecule has 0 saturated carbocycles. The number of imide groups is 1. The molecular formula is C22H18FN3O5S. The van der Waals surface area contributed by atoms with Gasteiger partial charge in [-0.1, -0.05) is 6.07 Å². The maximum absolute atomic E-state index is 13.0. The molecule has 1 N–H and O–H groups in total. The minimum Gasteiger partial charge on any atom is -0.490 e. The number of hydrogen-bond donors (Lipinski definition) is 1. The maximum atomic E-state index is 13.0. The first-order valence-corrected chi connectivity index (χ1v) is 10.3. The number of rotatable bonds is 8. The highest BCUT2D eigenvalue weighted by atomic mass is 32.2. The highest BCUT2D eigenvalue weighted by molar-refractivity contribution is 8.18. The van der Waals surface area contributed by atoms with Gasteiger partial charge in [0.2, 0.25) is 5.91 Å². The second-order valence-electron chi connectivity index (χ2n) is 6.41. The zero-order chi connectivity index (χ0) is 23.1. The molecule has 0 atom stereocenters. The molecule has 164 valence electrons. The molecule has 0 bridgehead atoms. The Morgan fingerprint density at radius 2 is 1.94 bits per heavy atom. The molecule has 2 aromatic carbocycles. The van der Waals surface area contributed by atoms with Crippen LogP contribution in [0.15, 0.2) is 47.4 Å². The summed E-state index contributed by atoms with van der Waals surface area (Å²) in [6.45, 7) is 1.55. The van der Waals surface area contributed by atoms with Crippen LogP contribution in [0.25, 0.3) is 6.08 Å². The molecule has 3 amide bonds. The number of nitrogens with one attached hydrogen (secondary N) is 1. The Bertz CT molecular complexity index is 1110. The molecule has 2 aromatic rings. The van der Waals surface area contributed by atoms with Crippen LogP contribution in [0.5, 0.6) is 11.5 Å². The number of benzene rings is 2. The largest absolute Gasteiger partial charge is 0.490 e. The lowest BCUT2D eigenvalue weighted by Gasteiger charge is -2.12. The number of carbonyl (C=O) groups excluding carboxylic acids is 3. The number of anilines is 1. The minimum atomic E-state index is -0.600. The van der Waals surface area contributed by atoms with Crippen molar-refractivity contribution in [2.75, 3.05) is 25.1 Å². The molecule has 0 spiro atoms. The fraction of sp³-hybridized carbons (Fsp3) is 0.182. The van der Waals surface area contributed by atoms with Crippen molar-refractivity contribution < 1.29 is 28.2 Å². The zero-order valence-corrected chi connectivity index (χ0v) is 17.8. The first kappa shape index (κ1) is 22.8. The molecular weight excluding hydrogens is 437 g/mol. The number of nitrogens with zero attached hydrogens (tertiary/aromatic N) is 2. The van der Waals surface area contributed by atoms with Gasteiger partial charge in [-0.3, -0.25) is 19.3 Å². The summed E-state index contributed by atoms with van der Waals surface area (Å²) in [7, 11) is 0. The average molecular weight is 455 g/mol. The fourth-order valence-electron chi connectivity index (χ4n) is 2.78. The van der Waals surface area contributed by atoms with Crippen LogP contribution in [0.4, 0.5) is 14.9 Å². The molecule has 0 radical (unpaired) electrons. The molecule has 0 unspecified atom stereocenters. The number of nitriles is 1. The van der Waals surface area contributed by atoms with Crippen LogP contribution in [-0.2, 0) is 9.59 Å². The van der Waals surface area contributed by atoms with E-state index in [1.807, 2.05) is 6.07 Å². The Morgan fingerprint density at radius 3 is 2.62 bits per heavy atom. The lowest BCUT2D eigenvalue weighted by atomic mass is 10.2. The van der Waals surface area contributed by atoms with Crippen LogP contribution >= 0.6 is 11.8 Å². The molecule has 3 rings (SSSR count). The van der Waals surface area contributed by atoms with Crippen molar-refractivity contribution in [2.24, 2.45) is 0 Å². The van der Waals surface area contributed by atoms with E-state index in [2.05, 4.69) is 5.32 Å². The van der Waals surface area contributed by atoms with Gasteiger partial charge in [0.1, 0.15) is 18.4 Å². The number of carbonyl (C=O) groups is 3. The number of hydrogen-bond acceptors (Lipinski definition) is 7. The summed E-state index contributed by atoms with van der Waals surface area (Å²) in [5.74, 6) is -0.850. The first-order chi connectivity index (χ1) is 15.4. The van der Waals surface area contributed by atoms with Crippen molar-refractivity contribution in [1.82, 2.24) is 4.90 Å². The standard InChI is InChI=1S/C22H18FN3O5S/c1-2-30-18-11-14(3-8-17(18)31-10-9-24)12-19-21(28)26(22(29)32-19)13-20(27)25-16-6-4-15(23)5-7-16/h3-8,11-12H,2,10,13H2,1H3,(H,25,27)/b19-12-. The molecule has 8 nitrogen and oxygen atoms in total. The number of amides is 3. The van der Waals surface area contributed by atoms with Gasteiger partial charge < -0.3 is 14.8 Å². The third kappa shape index (κ3) is 5.65. The highest BCUT2D eigenvalue weighted by Crippen LogP contribution is 2.34. The van der Waals surface area contributed by atoms with Gasteiger partial charge >= 0.3 is 0 Å². The van der Waals surface area contributed by atoms with Crippen molar-refractivity contribution in [2.45, 2.75) is 6.92 Å². The molecule has 0 aromatic heterocycles. The topological polar surface area (TPSA) is 109 Å². The zero-order valence-electron chi connectivity index (χ0n) is 17.0. The van der Waals surface area contributed by atoms with Crippen molar-refractivity contribution in [3.05, 3.63) is 58.8 Å². The Kier molecular flexibility index (Phi) is 7.46. The number of halogens is 1. The Balaban J connectivity index is 1.71. The third-order valence-corrected chi connectivity index (χ3v) is 5.07. The van der Waals surface area contributed by atoms with Gasteiger partial charge in [0.25, 0.3) is 11.1 Å². The van der Waals surface area contributed by atoms with Crippen LogP contribution in [0.3, 0.4) is 0 Å². The third-order valence-electron chi connectivity index (χ3n) is 4.16. The summed E-state index contributed by atoms with van der Waals surface area (Å²) in [6, 6.07) is 11.9. The number of ether oxygens (including phenoxy) is 2. The lowest BCUT2D eigenvalue weighted by molar-refractivity contribution is -0.127.